The Hall–Kier alpha value is -2.98. The van der Waals surface area contributed by atoms with Crippen LogP contribution in [0.25, 0.3) is 11.1 Å². The van der Waals surface area contributed by atoms with Gasteiger partial charge >= 0.3 is 6.18 Å². The number of hydrogen-bond acceptors (Lipinski definition) is 5. The first-order chi connectivity index (χ1) is 18.4. The van der Waals surface area contributed by atoms with Gasteiger partial charge in [0, 0.05) is 13.1 Å². The van der Waals surface area contributed by atoms with E-state index in [4.69, 9.17) is 4.74 Å². The molecule has 5 rings (SSSR count). The van der Waals surface area contributed by atoms with Crippen molar-refractivity contribution in [2.24, 2.45) is 0 Å². The second kappa shape index (κ2) is 10.5. The highest BCUT2D eigenvalue weighted by Gasteiger charge is 2.45. The molecular formula is C29H30F4N2O3S. The Morgan fingerprint density at radius 1 is 0.974 bits per heavy atom. The first-order valence-corrected chi connectivity index (χ1v) is 14.8. The van der Waals surface area contributed by atoms with Gasteiger partial charge in [0.25, 0.3) is 0 Å². The fourth-order valence-corrected chi connectivity index (χ4v) is 6.82. The topological polar surface area (TPSA) is 59.5 Å². The molecule has 1 fully saturated rings. The van der Waals surface area contributed by atoms with E-state index in [0.29, 0.717) is 37.2 Å². The monoisotopic (exact) mass is 562 g/mol. The standard InChI is InChI=1S/C29H30F4N2O3S/c1-20(29(31,32)33)35-14-12-28(13-15-35)11-10-24-16-23(6-9-27(24)38-28)22-4-2-21(3-5-22)18-39(36,37)19-26-8-7-25(30)17-34-26/h2-9,16-17,20H,10-15,18-19H2,1H3. The van der Waals surface area contributed by atoms with E-state index < -0.39 is 33.5 Å². The number of nitrogens with zero attached hydrogens (tertiary/aromatic N) is 2. The number of hydrogen-bond donors (Lipinski definition) is 0. The highest BCUT2D eigenvalue weighted by Crippen LogP contribution is 2.41. The van der Waals surface area contributed by atoms with E-state index in [2.05, 4.69) is 11.1 Å². The lowest BCUT2D eigenvalue weighted by atomic mass is 9.82. The molecule has 0 N–H and O–H groups in total. The van der Waals surface area contributed by atoms with Crippen LogP contribution in [0.4, 0.5) is 17.6 Å². The van der Waals surface area contributed by atoms with E-state index >= 15 is 0 Å². The SMILES string of the molecule is CC(N1CCC2(CCc3cc(-c4ccc(CS(=O)(=O)Cc5ccc(F)cn5)cc4)ccc3O2)CC1)C(F)(F)F. The molecule has 0 saturated carbocycles. The molecule has 2 aliphatic rings. The van der Waals surface area contributed by atoms with Gasteiger partial charge in [-0.15, -0.1) is 0 Å². The Bertz CT molecular complexity index is 1420. The van der Waals surface area contributed by atoms with Crippen LogP contribution in [-0.4, -0.2) is 49.2 Å². The van der Waals surface area contributed by atoms with Crippen molar-refractivity contribution >= 4 is 9.84 Å². The Balaban J connectivity index is 1.22. The zero-order valence-electron chi connectivity index (χ0n) is 21.5. The van der Waals surface area contributed by atoms with Gasteiger partial charge < -0.3 is 4.74 Å². The molecule has 39 heavy (non-hydrogen) atoms. The highest BCUT2D eigenvalue weighted by atomic mass is 32.2. The molecular weight excluding hydrogens is 532 g/mol. The van der Waals surface area contributed by atoms with E-state index in [1.165, 1.54) is 24.0 Å². The molecule has 0 bridgehead atoms. The minimum absolute atomic E-state index is 0.147. The van der Waals surface area contributed by atoms with E-state index in [-0.39, 0.29) is 11.5 Å². The van der Waals surface area contributed by atoms with Crippen molar-refractivity contribution < 1.29 is 30.7 Å². The smallest absolute Gasteiger partial charge is 0.403 e. The molecule has 0 radical (unpaired) electrons. The molecule has 2 aliphatic heterocycles. The maximum atomic E-state index is 13.1. The number of aromatic nitrogens is 1. The Morgan fingerprint density at radius 2 is 1.67 bits per heavy atom. The highest BCUT2D eigenvalue weighted by molar-refractivity contribution is 7.89. The summed E-state index contributed by atoms with van der Waals surface area (Å²) >= 11 is 0. The predicted molar refractivity (Wildman–Crippen MR) is 140 cm³/mol. The summed E-state index contributed by atoms with van der Waals surface area (Å²) in [6.45, 7) is 1.93. The van der Waals surface area contributed by atoms with E-state index in [9.17, 15) is 26.0 Å². The number of piperidine rings is 1. The van der Waals surface area contributed by atoms with Gasteiger partial charge in [0.05, 0.1) is 23.4 Å². The van der Waals surface area contributed by atoms with Crippen LogP contribution in [0, 0.1) is 5.82 Å². The fourth-order valence-electron chi connectivity index (χ4n) is 5.39. The number of aryl methyl sites for hydroxylation is 1. The summed E-state index contributed by atoms with van der Waals surface area (Å²) in [5.74, 6) is -0.147. The molecule has 3 aromatic rings. The van der Waals surface area contributed by atoms with Gasteiger partial charge in [0.15, 0.2) is 9.84 Å². The van der Waals surface area contributed by atoms with Crippen molar-refractivity contribution in [3.05, 3.63) is 83.4 Å². The summed E-state index contributed by atoms with van der Waals surface area (Å²) < 4.78 is 84.0. The van der Waals surface area contributed by atoms with Crippen molar-refractivity contribution in [2.45, 2.75) is 61.9 Å². The van der Waals surface area contributed by atoms with Gasteiger partial charge in [0.2, 0.25) is 0 Å². The largest absolute Gasteiger partial charge is 0.487 e. The molecule has 0 amide bonds. The van der Waals surface area contributed by atoms with Gasteiger partial charge in [-0.1, -0.05) is 30.3 Å². The number of halogens is 4. The fraction of sp³-hybridized carbons (Fsp3) is 0.414. The van der Waals surface area contributed by atoms with Crippen LogP contribution >= 0.6 is 0 Å². The average molecular weight is 563 g/mol. The predicted octanol–water partition coefficient (Wildman–Crippen LogP) is 6.11. The molecule has 1 unspecified atom stereocenters. The molecule has 1 aromatic heterocycles. The van der Waals surface area contributed by atoms with Crippen molar-refractivity contribution in [1.29, 1.82) is 0 Å². The molecule has 208 valence electrons. The number of alkyl halides is 3. The Labute approximate surface area is 225 Å². The zero-order chi connectivity index (χ0) is 27.8. The molecule has 3 heterocycles. The second-order valence-electron chi connectivity index (χ2n) is 10.6. The molecule has 1 spiro atoms. The Kier molecular flexibility index (Phi) is 7.45. The maximum absolute atomic E-state index is 13.1. The van der Waals surface area contributed by atoms with Crippen LogP contribution in [0.1, 0.15) is 43.0 Å². The summed E-state index contributed by atoms with van der Waals surface area (Å²) in [7, 11) is -3.48. The van der Waals surface area contributed by atoms with Crippen LogP contribution in [0.5, 0.6) is 5.75 Å². The van der Waals surface area contributed by atoms with E-state index in [0.717, 1.165) is 41.5 Å². The first-order valence-electron chi connectivity index (χ1n) is 12.9. The third kappa shape index (κ3) is 6.44. The number of ether oxygens (including phenoxy) is 1. The molecule has 2 aromatic carbocycles. The van der Waals surface area contributed by atoms with Crippen molar-refractivity contribution in [2.75, 3.05) is 13.1 Å². The minimum atomic E-state index is -4.23. The van der Waals surface area contributed by atoms with Gasteiger partial charge in [-0.3, -0.25) is 9.88 Å². The lowest BCUT2D eigenvalue weighted by Crippen LogP contribution is -2.54. The minimum Gasteiger partial charge on any atom is -0.487 e. The number of sulfone groups is 1. The number of likely N-dealkylation sites (tertiary alicyclic amines) is 1. The quantitative estimate of drug-likeness (QED) is 0.339. The third-order valence-electron chi connectivity index (χ3n) is 7.80. The Morgan fingerprint density at radius 3 is 2.31 bits per heavy atom. The molecule has 10 heteroatoms. The van der Waals surface area contributed by atoms with Crippen LogP contribution in [0.15, 0.2) is 60.8 Å². The normalized spacial score (nSPS) is 18.4. The maximum Gasteiger partial charge on any atom is 0.403 e. The van der Waals surface area contributed by atoms with Crippen LogP contribution < -0.4 is 4.74 Å². The summed E-state index contributed by atoms with van der Waals surface area (Å²) in [5.41, 5.74) is 3.50. The van der Waals surface area contributed by atoms with Gasteiger partial charge in [-0.25, -0.2) is 12.8 Å². The molecule has 5 nitrogen and oxygen atoms in total. The summed E-state index contributed by atoms with van der Waals surface area (Å²) in [4.78, 5) is 5.32. The number of benzene rings is 2. The van der Waals surface area contributed by atoms with Gasteiger partial charge in [-0.2, -0.15) is 13.2 Å². The van der Waals surface area contributed by atoms with Gasteiger partial charge in [0.1, 0.15) is 23.2 Å². The third-order valence-corrected chi connectivity index (χ3v) is 9.31. The number of fused-ring (bicyclic) bond motifs is 1. The average Bonchev–Trinajstić information content (AvgIpc) is 2.89. The molecule has 1 atom stereocenters. The zero-order valence-corrected chi connectivity index (χ0v) is 22.4. The summed E-state index contributed by atoms with van der Waals surface area (Å²) in [5, 5.41) is 0. The summed E-state index contributed by atoms with van der Waals surface area (Å²) in [6, 6.07) is 14.4. The molecule has 0 aliphatic carbocycles. The van der Waals surface area contributed by atoms with Crippen molar-refractivity contribution in [3.63, 3.8) is 0 Å². The number of rotatable bonds is 6. The van der Waals surface area contributed by atoms with Crippen molar-refractivity contribution in [3.8, 4) is 16.9 Å². The van der Waals surface area contributed by atoms with E-state index in [1.807, 2.05) is 24.3 Å². The van der Waals surface area contributed by atoms with Crippen LogP contribution in [0.2, 0.25) is 0 Å². The van der Waals surface area contributed by atoms with E-state index in [1.54, 1.807) is 12.1 Å². The molecule has 1 saturated heterocycles. The first kappa shape index (κ1) is 27.6. The van der Waals surface area contributed by atoms with Gasteiger partial charge in [-0.05, 0) is 79.1 Å². The van der Waals surface area contributed by atoms with Crippen molar-refractivity contribution in [1.82, 2.24) is 9.88 Å². The summed E-state index contributed by atoms with van der Waals surface area (Å²) in [6.07, 6.45) is -0.546. The van der Waals surface area contributed by atoms with Crippen LogP contribution in [-0.2, 0) is 27.8 Å². The lowest BCUT2D eigenvalue weighted by Gasteiger charge is -2.46. The second-order valence-corrected chi connectivity index (χ2v) is 12.6. The van der Waals surface area contributed by atoms with Crippen LogP contribution in [0.3, 0.4) is 0 Å². The number of pyridine rings is 1. The lowest BCUT2D eigenvalue weighted by molar-refractivity contribution is -0.186.